The van der Waals surface area contributed by atoms with Crippen molar-refractivity contribution in [3.8, 4) is 5.69 Å². The van der Waals surface area contributed by atoms with Gasteiger partial charge in [-0.1, -0.05) is 6.07 Å². The normalized spacial score (nSPS) is 16.8. The average molecular weight is 380 g/mol. The van der Waals surface area contributed by atoms with Crippen LogP contribution in [-0.2, 0) is 11.0 Å². The number of likely N-dealkylation sites (N-methyl/N-ethyl adjacent to an activating group) is 1. The molecule has 1 aromatic heterocycles. The largest absolute Gasteiger partial charge is 0.416 e. The van der Waals surface area contributed by atoms with Crippen LogP contribution in [0, 0.1) is 13.8 Å². The lowest BCUT2D eigenvalue weighted by atomic mass is 10.2. The van der Waals surface area contributed by atoms with Crippen LogP contribution in [0.5, 0.6) is 0 Å². The van der Waals surface area contributed by atoms with Crippen molar-refractivity contribution in [2.24, 2.45) is 0 Å². The predicted octanol–water partition coefficient (Wildman–Crippen LogP) is 4.78. The second-order valence-corrected chi connectivity index (χ2v) is 6.94. The zero-order valence-electron chi connectivity index (χ0n) is 14.2. The molecule has 1 saturated heterocycles. The zero-order chi connectivity index (χ0) is 19.2. The molecular weight excluding hydrogens is 365 g/mol. The highest BCUT2D eigenvalue weighted by atomic mass is 32.2. The van der Waals surface area contributed by atoms with Gasteiger partial charge in [0.25, 0.3) is 11.1 Å². The Labute approximate surface area is 152 Å². The number of carbonyl (C=O) groups is 2. The molecule has 136 valence electrons. The number of amides is 2. The van der Waals surface area contributed by atoms with Crippen molar-refractivity contribution in [1.82, 2.24) is 9.47 Å². The van der Waals surface area contributed by atoms with Crippen LogP contribution in [0.4, 0.5) is 18.0 Å². The summed E-state index contributed by atoms with van der Waals surface area (Å²) in [6.45, 7) is 3.53. The first-order valence-electron chi connectivity index (χ1n) is 7.67. The number of hydrogen-bond acceptors (Lipinski definition) is 3. The number of alkyl halides is 3. The molecule has 0 aliphatic carbocycles. The molecule has 2 aromatic rings. The van der Waals surface area contributed by atoms with E-state index in [-0.39, 0.29) is 11.1 Å². The van der Waals surface area contributed by atoms with Crippen LogP contribution in [0.15, 0.2) is 35.2 Å². The Balaban J connectivity index is 2.05. The molecule has 1 fully saturated rings. The Morgan fingerprint density at radius 1 is 1.12 bits per heavy atom. The first-order valence-corrected chi connectivity index (χ1v) is 8.49. The number of benzene rings is 1. The lowest BCUT2D eigenvalue weighted by molar-refractivity contribution is -0.137. The molecule has 0 atom stereocenters. The van der Waals surface area contributed by atoms with Crippen LogP contribution < -0.4 is 0 Å². The van der Waals surface area contributed by atoms with Gasteiger partial charge in [0.1, 0.15) is 0 Å². The second-order valence-electron chi connectivity index (χ2n) is 5.95. The van der Waals surface area contributed by atoms with Gasteiger partial charge in [0.05, 0.1) is 10.5 Å². The van der Waals surface area contributed by atoms with Gasteiger partial charge in [-0.25, -0.2) is 0 Å². The first kappa shape index (κ1) is 18.3. The van der Waals surface area contributed by atoms with Crippen LogP contribution in [0.1, 0.15) is 22.5 Å². The third kappa shape index (κ3) is 3.16. The Morgan fingerprint density at radius 2 is 1.81 bits per heavy atom. The van der Waals surface area contributed by atoms with Gasteiger partial charge in [-0.15, -0.1) is 0 Å². The molecule has 0 saturated carbocycles. The molecule has 3 rings (SSSR count). The topological polar surface area (TPSA) is 42.3 Å². The molecule has 4 nitrogen and oxygen atoms in total. The molecule has 0 N–H and O–H groups in total. The highest BCUT2D eigenvalue weighted by molar-refractivity contribution is 8.18. The Hall–Kier alpha value is -2.48. The fraction of sp³-hybridized carbons (Fsp3) is 0.222. The van der Waals surface area contributed by atoms with Crippen LogP contribution >= 0.6 is 11.8 Å². The molecule has 0 radical (unpaired) electrons. The van der Waals surface area contributed by atoms with Crippen LogP contribution in [0.25, 0.3) is 11.8 Å². The molecule has 8 heteroatoms. The Morgan fingerprint density at radius 3 is 2.38 bits per heavy atom. The van der Waals surface area contributed by atoms with Gasteiger partial charge >= 0.3 is 6.18 Å². The molecule has 2 amide bonds. The van der Waals surface area contributed by atoms with Crippen molar-refractivity contribution in [3.63, 3.8) is 0 Å². The van der Waals surface area contributed by atoms with Crippen molar-refractivity contribution >= 4 is 29.0 Å². The van der Waals surface area contributed by atoms with Gasteiger partial charge in [-0.05, 0) is 61.5 Å². The highest BCUT2D eigenvalue weighted by Crippen LogP contribution is 2.34. The molecule has 0 spiro atoms. The average Bonchev–Trinajstić information content (AvgIpc) is 2.98. The lowest BCUT2D eigenvalue weighted by Gasteiger charge is -2.13. The van der Waals surface area contributed by atoms with E-state index in [9.17, 15) is 22.8 Å². The Bertz CT molecular complexity index is 944. The number of hydrogen-bond donors (Lipinski definition) is 0. The summed E-state index contributed by atoms with van der Waals surface area (Å²) in [7, 11) is 1.41. The van der Waals surface area contributed by atoms with E-state index in [1.807, 2.05) is 0 Å². The van der Waals surface area contributed by atoms with Crippen molar-refractivity contribution in [3.05, 3.63) is 57.8 Å². The summed E-state index contributed by atoms with van der Waals surface area (Å²) in [5, 5.41) is -0.354. The summed E-state index contributed by atoms with van der Waals surface area (Å²) in [5.41, 5.74) is 1.75. The maximum absolute atomic E-state index is 13.0. The molecule has 2 heterocycles. The maximum Gasteiger partial charge on any atom is 0.416 e. The number of carbonyl (C=O) groups excluding carboxylic acids is 2. The third-order valence-corrected chi connectivity index (χ3v) is 5.14. The zero-order valence-corrected chi connectivity index (χ0v) is 15.0. The smallest absolute Gasteiger partial charge is 0.318 e. The maximum atomic E-state index is 13.0. The summed E-state index contributed by atoms with van der Waals surface area (Å²) >= 11 is 0.843. The number of aromatic nitrogens is 1. The monoisotopic (exact) mass is 380 g/mol. The number of nitrogens with zero attached hydrogens (tertiary/aromatic N) is 2. The minimum atomic E-state index is -4.42. The van der Waals surface area contributed by atoms with Crippen LogP contribution in [0.3, 0.4) is 0 Å². The van der Waals surface area contributed by atoms with Gasteiger partial charge in [-0.2, -0.15) is 13.2 Å². The van der Waals surface area contributed by atoms with E-state index in [4.69, 9.17) is 0 Å². The molecule has 1 aliphatic rings. The molecule has 26 heavy (non-hydrogen) atoms. The summed E-state index contributed by atoms with van der Waals surface area (Å²) in [4.78, 5) is 25.0. The first-order chi connectivity index (χ1) is 12.1. The number of halogens is 3. The van der Waals surface area contributed by atoms with Crippen molar-refractivity contribution < 1.29 is 22.8 Å². The fourth-order valence-electron chi connectivity index (χ4n) is 2.84. The van der Waals surface area contributed by atoms with Gasteiger partial charge in [-0.3, -0.25) is 14.5 Å². The number of aryl methyl sites for hydroxylation is 1. The second kappa shape index (κ2) is 6.35. The summed E-state index contributed by atoms with van der Waals surface area (Å²) in [6, 6.07) is 6.84. The van der Waals surface area contributed by atoms with Crippen LogP contribution in [-0.4, -0.2) is 27.7 Å². The SMILES string of the molecule is Cc1cc(C=C2SC(=O)N(C)C2=O)c(C)n1-c1cccc(C(F)(F)F)c1. The van der Waals surface area contributed by atoms with E-state index in [1.165, 1.54) is 13.1 Å². The minimum absolute atomic E-state index is 0.293. The van der Waals surface area contributed by atoms with Gasteiger partial charge in [0.2, 0.25) is 0 Å². The van der Waals surface area contributed by atoms with Crippen molar-refractivity contribution in [1.29, 1.82) is 0 Å². The molecule has 1 aromatic carbocycles. The molecule has 1 aliphatic heterocycles. The summed E-state index contributed by atoms with van der Waals surface area (Å²) < 4.78 is 40.6. The Kier molecular flexibility index (Phi) is 4.47. The van der Waals surface area contributed by atoms with Crippen molar-refractivity contribution in [2.45, 2.75) is 20.0 Å². The van der Waals surface area contributed by atoms with Gasteiger partial charge < -0.3 is 4.57 Å². The fourth-order valence-corrected chi connectivity index (χ4v) is 3.66. The van der Waals surface area contributed by atoms with E-state index >= 15 is 0 Å². The lowest BCUT2D eigenvalue weighted by Crippen LogP contribution is -2.22. The van der Waals surface area contributed by atoms with Crippen LogP contribution in [0.2, 0.25) is 0 Å². The standard InChI is InChI=1S/C18H15F3N2O2S/c1-10-7-12(8-15-16(24)22(3)17(25)26-15)11(2)23(10)14-6-4-5-13(9-14)18(19,20)21/h4-9H,1-3H3. The van der Waals surface area contributed by atoms with E-state index in [1.54, 1.807) is 36.6 Å². The summed E-state index contributed by atoms with van der Waals surface area (Å²) in [6.07, 6.45) is -2.82. The van der Waals surface area contributed by atoms with E-state index in [2.05, 4.69) is 0 Å². The third-order valence-electron chi connectivity index (χ3n) is 4.18. The van der Waals surface area contributed by atoms with E-state index < -0.39 is 11.7 Å². The minimum Gasteiger partial charge on any atom is -0.318 e. The quantitative estimate of drug-likeness (QED) is 0.704. The molecule has 0 unspecified atom stereocenters. The van der Waals surface area contributed by atoms with E-state index in [0.717, 1.165) is 34.5 Å². The number of imide groups is 1. The highest BCUT2D eigenvalue weighted by Gasteiger charge is 2.32. The number of thioether (sulfide) groups is 1. The van der Waals surface area contributed by atoms with Gasteiger partial charge in [0.15, 0.2) is 0 Å². The van der Waals surface area contributed by atoms with Gasteiger partial charge in [0, 0.05) is 24.1 Å². The van der Waals surface area contributed by atoms with E-state index in [0.29, 0.717) is 21.8 Å². The number of rotatable bonds is 2. The molecule has 0 bridgehead atoms. The molecular formula is C18H15F3N2O2S. The summed E-state index contributed by atoms with van der Waals surface area (Å²) in [5.74, 6) is -0.385. The predicted molar refractivity (Wildman–Crippen MR) is 94.0 cm³/mol. The van der Waals surface area contributed by atoms with Crippen molar-refractivity contribution in [2.75, 3.05) is 7.05 Å².